The maximum absolute atomic E-state index is 12.8. The second-order valence-corrected chi connectivity index (χ2v) is 8.40. The van der Waals surface area contributed by atoms with Crippen molar-refractivity contribution in [1.82, 2.24) is 24.7 Å². The Labute approximate surface area is 190 Å². The van der Waals surface area contributed by atoms with Crippen LogP contribution in [0.25, 0.3) is 22.3 Å². The van der Waals surface area contributed by atoms with Crippen LogP contribution in [-0.2, 0) is 16.6 Å². The molecule has 2 N–H and O–H groups in total. The van der Waals surface area contributed by atoms with Crippen LogP contribution in [0.15, 0.2) is 49.1 Å². The Morgan fingerprint density at radius 1 is 1.30 bits per heavy atom. The van der Waals surface area contributed by atoms with Gasteiger partial charge in [-0.3, -0.25) is 9.48 Å². The maximum atomic E-state index is 12.8. The van der Waals surface area contributed by atoms with Crippen LogP contribution in [0.5, 0.6) is 0 Å². The van der Waals surface area contributed by atoms with Crippen LogP contribution in [0.3, 0.4) is 0 Å². The van der Waals surface area contributed by atoms with Crippen molar-refractivity contribution in [3.63, 3.8) is 0 Å². The Hall–Kier alpha value is -3.92. The lowest BCUT2D eigenvalue weighted by Crippen LogP contribution is -2.56. The van der Waals surface area contributed by atoms with Gasteiger partial charge in [0.05, 0.1) is 49.6 Å². The van der Waals surface area contributed by atoms with Gasteiger partial charge in [0, 0.05) is 49.0 Å². The molecular formula is C23H24N8O2. The quantitative estimate of drug-likeness (QED) is 0.496. The molecule has 10 nitrogen and oxygen atoms in total. The second kappa shape index (κ2) is 7.89. The summed E-state index contributed by atoms with van der Waals surface area (Å²) in [6.07, 6.45) is 7.17. The monoisotopic (exact) mass is 444 g/mol. The Bertz CT molecular complexity index is 1330. The minimum Gasteiger partial charge on any atom is -0.377 e. The van der Waals surface area contributed by atoms with Crippen LogP contribution in [-0.4, -0.2) is 69.5 Å². The van der Waals surface area contributed by atoms with Crippen molar-refractivity contribution >= 4 is 34.0 Å². The Balaban J connectivity index is 1.35. The average molecular weight is 444 g/mol. The van der Waals surface area contributed by atoms with Crippen molar-refractivity contribution in [2.24, 2.45) is 7.05 Å². The van der Waals surface area contributed by atoms with Gasteiger partial charge in [-0.2, -0.15) is 5.10 Å². The summed E-state index contributed by atoms with van der Waals surface area (Å²) in [7, 11) is 1.82. The lowest BCUT2D eigenvalue weighted by atomic mass is 10.1. The zero-order valence-electron chi connectivity index (χ0n) is 18.2. The summed E-state index contributed by atoms with van der Waals surface area (Å²) >= 11 is 0. The summed E-state index contributed by atoms with van der Waals surface area (Å²) < 4.78 is 7.40. The average Bonchev–Trinajstić information content (AvgIpc) is 3.47. The Morgan fingerprint density at radius 2 is 2.24 bits per heavy atom. The molecule has 33 heavy (non-hydrogen) atoms. The maximum Gasteiger partial charge on any atom is 0.243 e. The molecule has 0 saturated carbocycles. The van der Waals surface area contributed by atoms with Gasteiger partial charge >= 0.3 is 0 Å². The number of aryl methyl sites for hydroxylation is 1. The highest BCUT2D eigenvalue weighted by Crippen LogP contribution is 2.36. The fraction of sp³-hybridized carbons (Fsp3) is 0.304. The first-order valence-corrected chi connectivity index (χ1v) is 11.0. The molecular weight excluding hydrogens is 420 g/mol. The molecule has 0 spiro atoms. The minimum atomic E-state index is -0.111. The van der Waals surface area contributed by atoms with E-state index in [2.05, 4.69) is 20.3 Å². The number of anilines is 3. The number of ether oxygens (including phenoxy) is 1. The van der Waals surface area contributed by atoms with E-state index in [9.17, 15) is 4.79 Å². The van der Waals surface area contributed by atoms with E-state index in [-0.39, 0.29) is 18.5 Å². The number of nitrogens with zero attached hydrogens (tertiary/aromatic N) is 6. The molecule has 1 amide bonds. The van der Waals surface area contributed by atoms with Crippen LogP contribution >= 0.6 is 0 Å². The summed E-state index contributed by atoms with van der Waals surface area (Å²) in [5, 5.41) is 8.10. The molecule has 1 unspecified atom stereocenters. The first kappa shape index (κ1) is 19.7. The molecule has 0 aliphatic carbocycles. The number of hydrogen-bond acceptors (Lipinski definition) is 7. The number of morpholine rings is 1. The minimum absolute atomic E-state index is 0.111. The highest BCUT2D eigenvalue weighted by Gasteiger charge is 2.35. The van der Waals surface area contributed by atoms with Gasteiger partial charge < -0.3 is 24.8 Å². The molecule has 6 rings (SSSR count). The zero-order valence-corrected chi connectivity index (χ0v) is 18.2. The van der Waals surface area contributed by atoms with Crippen LogP contribution in [0, 0.1) is 0 Å². The first-order chi connectivity index (χ1) is 16.2. The van der Waals surface area contributed by atoms with Gasteiger partial charge in [-0.15, -0.1) is 0 Å². The van der Waals surface area contributed by atoms with Gasteiger partial charge in [-0.05, 0) is 12.1 Å². The lowest BCUT2D eigenvalue weighted by Gasteiger charge is -2.45. The fourth-order valence-corrected chi connectivity index (χ4v) is 4.66. The van der Waals surface area contributed by atoms with Crippen molar-refractivity contribution in [2.45, 2.75) is 6.04 Å². The largest absolute Gasteiger partial charge is 0.377 e. The van der Waals surface area contributed by atoms with Gasteiger partial charge in [0.25, 0.3) is 0 Å². The van der Waals surface area contributed by atoms with E-state index in [0.717, 1.165) is 34.5 Å². The number of carbonyl (C=O) groups is 1. The van der Waals surface area contributed by atoms with Crippen molar-refractivity contribution in [3.8, 4) is 11.4 Å². The van der Waals surface area contributed by atoms with Crippen LogP contribution in [0.1, 0.15) is 0 Å². The van der Waals surface area contributed by atoms with E-state index >= 15 is 0 Å². The standard InChI is InChI=1S/C23H24N8O2/c1-29-11-15(9-26-29)27-21(32)13-30-12-16-14-33-8-7-31(16)23-20(30)10-25-22(28-23)18-3-2-4-19-17(18)5-6-24-19/h2-6,9-11,16,24H,7-8,12-14H2,1H3,(H,27,32). The molecule has 1 fully saturated rings. The summed E-state index contributed by atoms with van der Waals surface area (Å²) in [6, 6.07) is 8.25. The highest BCUT2D eigenvalue weighted by molar-refractivity contribution is 5.95. The molecule has 2 aliphatic heterocycles. The second-order valence-electron chi connectivity index (χ2n) is 8.40. The molecule has 0 radical (unpaired) electrons. The number of aromatic nitrogens is 5. The van der Waals surface area contributed by atoms with Crippen LogP contribution in [0.4, 0.5) is 17.2 Å². The number of fused-ring (bicyclic) bond motifs is 4. The number of benzene rings is 1. The number of carbonyl (C=O) groups excluding carboxylic acids is 1. The molecule has 1 saturated heterocycles. The molecule has 5 heterocycles. The summed E-state index contributed by atoms with van der Waals surface area (Å²) in [6.45, 7) is 2.89. The molecule has 2 aliphatic rings. The van der Waals surface area contributed by atoms with E-state index in [1.807, 2.05) is 48.6 Å². The van der Waals surface area contributed by atoms with E-state index in [1.165, 1.54) is 0 Å². The SMILES string of the molecule is Cn1cc(NC(=O)CN2CC3COCCN3c3nc(-c4cccc5[nH]ccc45)ncc32)cn1. The Morgan fingerprint density at radius 3 is 3.12 bits per heavy atom. The third kappa shape index (κ3) is 3.58. The van der Waals surface area contributed by atoms with Gasteiger partial charge in [0.1, 0.15) is 0 Å². The number of hydrogen-bond donors (Lipinski definition) is 2. The molecule has 3 aromatic heterocycles. The van der Waals surface area contributed by atoms with Crippen molar-refractivity contribution < 1.29 is 9.53 Å². The van der Waals surface area contributed by atoms with Crippen molar-refractivity contribution in [2.75, 3.05) is 48.0 Å². The van der Waals surface area contributed by atoms with Gasteiger partial charge in [-0.25, -0.2) is 9.97 Å². The predicted octanol–water partition coefficient (Wildman–Crippen LogP) is 2.02. The topological polar surface area (TPSA) is 104 Å². The molecule has 10 heteroatoms. The van der Waals surface area contributed by atoms with Gasteiger partial charge in [-0.1, -0.05) is 12.1 Å². The molecule has 168 valence electrons. The number of nitrogens with one attached hydrogen (secondary N) is 2. The number of rotatable bonds is 4. The normalized spacial score (nSPS) is 17.7. The van der Waals surface area contributed by atoms with E-state index in [1.54, 1.807) is 17.1 Å². The summed E-state index contributed by atoms with van der Waals surface area (Å²) in [5.74, 6) is 1.41. The third-order valence-corrected chi connectivity index (χ3v) is 6.18. The number of aromatic amines is 1. The van der Waals surface area contributed by atoms with E-state index in [4.69, 9.17) is 14.7 Å². The smallest absolute Gasteiger partial charge is 0.243 e. The molecule has 4 aromatic rings. The molecule has 1 aromatic carbocycles. The van der Waals surface area contributed by atoms with Gasteiger partial charge in [0.15, 0.2) is 11.6 Å². The first-order valence-electron chi connectivity index (χ1n) is 11.0. The highest BCUT2D eigenvalue weighted by atomic mass is 16.5. The number of H-pyrrole nitrogens is 1. The summed E-state index contributed by atoms with van der Waals surface area (Å²) in [5.41, 5.74) is 3.56. The van der Waals surface area contributed by atoms with E-state index in [0.29, 0.717) is 31.3 Å². The zero-order chi connectivity index (χ0) is 22.4. The van der Waals surface area contributed by atoms with E-state index < -0.39 is 0 Å². The molecule has 1 atom stereocenters. The van der Waals surface area contributed by atoms with Crippen molar-refractivity contribution in [3.05, 3.63) is 49.1 Å². The van der Waals surface area contributed by atoms with Crippen molar-refractivity contribution in [1.29, 1.82) is 0 Å². The lowest BCUT2D eigenvalue weighted by molar-refractivity contribution is -0.115. The summed E-state index contributed by atoms with van der Waals surface area (Å²) in [4.78, 5) is 30.1. The molecule has 0 bridgehead atoms. The fourth-order valence-electron chi connectivity index (χ4n) is 4.66. The number of amides is 1. The van der Waals surface area contributed by atoms with Crippen LogP contribution < -0.4 is 15.1 Å². The van der Waals surface area contributed by atoms with Crippen LogP contribution in [0.2, 0.25) is 0 Å². The van der Waals surface area contributed by atoms with Gasteiger partial charge in [0.2, 0.25) is 5.91 Å². The predicted molar refractivity (Wildman–Crippen MR) is 125 cm³/mol. The Kier molecular flexibility index (Phi) is 4.72. The third-order valence-electron chi connectivity index (χ3n) is 6.18.